The highest BCUT2D eigenvalue weighted by atomic mass is 19.4. The Morgan fingerprint density at radius 1 is 1.03 bits per heavy atom. The minimum absolute atomic E-state index is 0.119. The number of alkyl halides is 3. The van der Waals surface area contributed by atoms with Gasteiger partial charge in [-0.15, -0.1) is 0 Å². The molecular formula is C25H25F3N8O2. The maximum atomic E-state index is 12.9. The average Bonchev–Trinajstić information content (AvgIpc) is 3.23. The zero-order chi connectivity index (χ0) is 27.7. The number of benzene rings is 1. The number of rotatable bonds is 5. The van der Waals surface area contributed by atoms with Crippen LogP contribution in [0, 0.1) is 5.41 Å². The molecule has 3 heterocycles. The van der Waals surface area contributed by atoms with E-state index in [0.29, 0.717) is 28.9 Å². The predicted molar refractivity (Wildman–Crippen MR) is 137 cm³/mol. The molecule has 0 fully saturated rings. The molecule has 0 aliphatic carbocycles. The minimum atomic E-state index is -4.63. The molecule has 0 aliphatic heterocycles. The first-order chi connectivity index (χ1) is 17.8. The van der Waals surface area contributed by atoms with Crippen LogP contribution < -0.4 is 21.7 Å². The Kier molecular flexibility index (Phi) is 6.94. The SMILES string of the molecule is CC(C)(C)CNC(=O)c1cc(-c2ccc(NC(=O)Nc3cccc(C(F)(F)F)n3)cc2)c2c(N)ncnn12. The fourth-order valence-electron chi connectivity index (χ4n) is 3.56. The molecule has 0 atom stereocenters. The zero-order valence-electron chi connectivity index (χ0n) is 20.7. The van der Waals surface area contributed by atoms with Gasteiger partial charge in [-0.1, -0.05) is 39.0 Å². The number of nitrogens with two attached hydrogens (primary N) is 1. The maximum Gasteiger partial charge on any atom is 0.433 e. The van der Waals surface area contributed by atoms with Gasteiger partial charge in [-0.2, -0.15) is 18.3 Å². The first-order valence-corrected chi connectivity index (χ1v) is 11.4. The average molecular weight is 527 g/mol. The van der Waals surface area contributed by atoms with Gasteiger partial charge in [-0.25, -0.2) is 19.3 Å². The van der Waals surface area contributed by atoms with Crippen LogP contribution in [0.5, 0.6) is 0 Å². The summed E-state index contributed by atoms with van der Waals surface area (Å²) in [5, 5.41) is 11.9. The highest BCUT2D eigenvalue weighted by Crippen LogP contribution is 2.31. The Morgan fingerprint density at radius 3 is 2.39 bits per heavy atom. The number of hydrogen-bond donors (Lipinski definition) is 4. The molecule has 10 nitrogen and oxygen atoms in total. The molecule has 4 rings (SSSR count). The van der Waals surface area contributed by atoms with Crippen LogP contribution in [0.4, 0.5) is 35.3 Å². The summed E-state index contributed by atoms with van der Waals surface area (Å²) in [7, 11) is 0. The monoisotopic (exact) mass is 526 g/mol. The van der Waals surface area contributed by atoms with Crippen LogP contribution in [-0.2, 0) is 6.18 Å². The van der Waals surface area contributed by atoms with Gasteiger partial charge in [0, 0.05) is 17.8 Å². The van der Waals surface area contributed by atoms with Gasteiger partial charge in [0.25, 0.3) is 5.91 Å². The third-order valence-corrected chi connectivity index (χ3v) is 5.33. The number of nitrogens with zero attached hydrogens (tertiary/aromatic N) is 4. The zero-order valence-corrected chi connectivity index (χ0v) is 20.7. The summed E-state index contributed by atoms with van der Waals surface area (Å²) < 4.78 is 40.0. The summed E-state index contributed by atoms with van der Waals surface area (Å²) in [6.45, 7) is 6.46. The lowest BCUT2D eigenvalue weighted by atomic mass is 9.97. The molecule has 1 aromatic carbocycles. The number of nitrogens with one attached hydrogen (secondary N) is 3. The fraction of sp³-hybridized carbons (Fsp3) is 0.240. The third-order valence-electron chi connectivity index (χ3n) is 5.33. The van der Waals surface area contributed by atoms with Gasteiger partial charge >= 0.3 is 12.2 Å². The highest BCUT2D eigenvalue weighted by Gasteiger charge is 2.32. The topological polar surface area (TPSA) is 139 Å². The molecule has 13 heteroatoms. The quantitative estimate of drug-likeness (QED) is 0.294. The smallest absolute Gasteiger partial charge is 0.382 e. The predicted octanol–water partition coefficient (Wildman–Crippen LogP) is 4.81. The summed E-state index contributed by atoms with van der Waals surface area (Å²) in [6.07, 6.45) is -3.37. The van der Waals surface area contributed by atoms with E-state index in [1.165, 1.54) is 16.9 Å². The Balaban J connectivity index is 1.54. The van der Waals surface area contributed by atoms with E-state index in [4.69, 9.17) is 5.73 Å². The molecule has 3 aromatic heterocycles. The molecule has 0 bridgehead atoms. The first-order valence-electron chi connectivity index (χ1n) is 11.4. The van der Waals surface area contributed by atoms with E-state index >= 15 is 0 Å². The van der Waals surface area contributed by atoms with Gasteiger partial charge in [-0.3, -0.25) is 10.1 Å². The molecule has 0 saturated heterocycles. The number of amides is 3. The van der Waals surface area contributed by atoms with E-state index in [1.807, 2.05) is 20.8 Å². The van der Waals surface area contributed by atoms with Gasteiger partial charge < -0.3 is 16.4 Å². The van der Waals surface area contributed by atoms with Crippen molar-refractivity contribution in [3.05, 3.63) is 66.2 Å². The van der Waals surface area contributed by atoms with Crippen molar-refractivity contribution < 1.29 is 22.8 Å². The summed E-state index contributed by atoms with van der Waals surface area (Å²) in [5.74, 6) is -0.389. The van der Waals surface area contributed by atoms with Crippen LogP contribution in [0.15, 0.2) is 54.9 Å². The Morgan fingerprint density at radius 2 is 1.74 bits per heavy atom. The molecule has 0 saturated carbocycles. The first kappa shape index (κ1) is 26.4. The van der Waals surface area contributed by atoms with E-state index < -0.39 is 17.9 Å². The van der Waals surface area contributed by atoms with Crippen molar-refractivity contribution >= 4 is 34.8 Å². The molecule has 4 aromatic rings. The van der Waals surface area contributed by atoms with Gasteiger partial charge in [0.1, 0.15) is 29.0 Å². The van der Waals surface area contributed by atoms with Crippen LogP contribution in [0.1, 0.15) is 37.0 Å². The van der Waals surface area contributed by atoms with Crippen LogP contribution in [-0.4, -0.2) is 38.1 Å². The standard InChI is InChI=1S/C25H25F3N8O2/c1-24(2,3)12-30-22(37)17-11-16(20-21(29)31-13-32-36(17)20)14-7-9-15(10-8-14)33-23(38)35-19-6-4-5-18(34-19)25(26,27)28/h4-11,13H,12H2,1-3H3,(H,30,37)(H2,29,31,32)(H2,33,34,35,38). The Labute approximate surface area is 215 Å². The van der Waals surface area contributed by atoms with Gasteiger partial charge in [0.05, 0.1) is 0 Å². The summed E-state index contributed by atoms with van der Waals surface area (Å²) in [4.78, 5) is 32.7. The number of urea groups is 1. The summed E-state index contributed by atoms with van der Waals surface area (Å²) in [5.41, 5.74) is 7.25. The van der Waals surface area contributed by atoms with E-state index in [0.717, 1.165) is 12.1 Å². The second-order valence-electron chi connectivity index (χ2n) is 9.65. The molecule has 0 radical (unpaired) electrons. The number of hydrogen-bond acceptors (Lipinski definition) is 6. The molecule has 0 unspecified atom stereocenters. The highest BCUT2D eigenvalue weighted by molar-refractivity contribution is 6.01. The number of carbonyl (C=O) groups excluding carboxylic acids is 2. The molecule has 3 amide bonds. The van der Waals surface area contributed by atoms with Crippen LogP contribution in [0.25, 0.3) is 16.6 Å². The Bertz CT molecular complexity index is 1490. The number of aromatic nitrogens is 4. The lowest BCUT2D eigenvalue weighted by molar-refractivity contribution is -0.141. The van der Waals surface area contributed by atoms with Gasteiger partial charge in [0.2, 0.25) is 0 Å². The molecule has 0 spiro atoms. The van der Waals surface area contributed by atoms with E-state index in [2.05, 4.69) is 31.0 Å². The maximum absolute atomic E-state index is 12.9. The van der Waals surface area contributed by atoms with E-state index in [9.17, 15) is 22.8 Å². The van der Waals surface area contributed by atoms with Crippen molar-refractivity contribution in [1.82, 2.24) is 24.9 Å². The minimum Gasteiger partial charge on any atom is -0.382 e. The van der Waals surface area contributed by atoms with Crippen molar-refractivity contribution in [3.8, 4) is 11.1 Å². The van der Waals surface area contributed by atoms with Crippen molar-refractivity contribution in [2.45, 2.75) is 26.9 Å². The van der Waals surface area contributed by atoms with Crippen LogP contribution in [0.2, 0.25) is 0 Å². The molecule has 198 valence electrons. The summed E-state index contributed by atoms with van der Waals surface area (Å²) in [6, 6.07) is 10.7. The van der Waals surface area contributed by atoms with Crippen molar-refractivity contribution in [3.63, 3.8) is 0 Å². The Hall–Kier alpha value is -4.68. The van der Waals surface area contributed by atoms with Crippen LogP contribution in [0.3, 0.4) is 0 Å². The second-order valence-corrected chi connectivity index (χ2v) is 9.65. The van der Waals surface area contributed by atoms with E-state index in [-0.39, 0.29) is 28.7 Å². The number of pyridine rings is 1. The van der Waals surface area contributed by atoms with Crippen molar-refractivity contribution in [2.75, 3.05) is 22.9 Å². The number of nitrogen functional groups attached to an aromatic ring is 1. The fourth-order valence-corrected chi connectivity index (χ4v) is 3.56. The normalized spacial score (nSPS) is 11.8. The molecular weight excluding hydrogens is 501 g/mol. The van der Waals surface area contributed by atoms with Crippen molar-refractivity contribution in [1.29, 1.82) is 0 Å². The van der Waals surface area contributed by atoms with Crippen molar-refractivity contribution in [2.24, 2.45) is 5.41 Å². The molecule has 0 aliphatic rings. The second kappa shape index (κ2) is 10.00. The number of anilines is 3. The lowest BCUT2D eigenvalue weighted by Crippen LogP contribution is -2.33. The molecule has 5 N–H and O–H groups in total. The van der Waals surface area contributed by atoms with E-state index in [1.54, 1.807) is 30.3 Å². The number of carbonyl (C=O) groups is 2. The molecule has 38 heavy (non-hydrogen) atoms. The van der Waals surface area contributed by atoms with Gasteiger partial charge in [-0.05, 0) is 41.3 Å². The largest absolute Gasteiger partial charge is 0.433 e. The summed E-state index contributed by atoms with van der Waals surface area (Å²) >= 11 is 0. The third kappa shape index (κ3) is 5.99. The lowest BCUT2D eigenvalue weighted by Gasteiger charge is -2.18. The number of halogens is 3. The van der Waals surface area contributed by atoms with Crippen LogP contribution >= 0.6 is 0 Å². The van der Waals surface area contributed by atoms with Gasteiger partial charge in [0.15, 0.2) is 5.82 Å². The number of fused-ring (bicyclic) bond motifs is 1.